The van der Waals surface area contributed by atoms with Gasteiger partial charge in [0.2, 0.25) is 0 Å². The summed E-state index contributed by atoms with van der Waals surface area (Å²) in [5.74, 6) is 0.0263. The summed E-state index contributed by atoms with van der Waals surface area (Å²) in [4.78, 5) is 12.3. The van der Waals surface area contributed by atoms with Gasteiger partial charge in [-0.2, -0.15) is 10.4 Å². The summed E-state index contributed by atoms with van der Waals surface area (Å²) in [6.07, 6.45) is 1.44. The number of hydrogen-bond acceptors (Lipinski definition) is 5. The van der Waals surface area contributed by atoms with Crippen molar-refractivity contribution in [3.8, 4) is 11.8 Å². The molecule has 0 radical (unpaired) electrons. The topological polar surface area (TPSA) is 106 Å². The Morgan fingerprint density at radius 2 is 2.33 bits per heavy atom. The second-order valence-electron chi connectivity index (χ2n) is 4.25. The van der Waals surface area contributed by atoms with Crippen LogP contribution >= 0.6 is 0 Å². The van der Waals surface area contributed by atoms with E-state index >= 15 is 0 Å². The van der Waals surface area contributed by atoms with Crippen molar-refractivity contribution in [2.24, 2.45) is 0 Å². The molecule has 2 aromatic rings. The Labute approximate surface area is 121 Å². The average molecular weight is 285 g/mol. The van der Waals surface area contributed by atoms with Crippen molar-refractivity contribution in [1.82, 2.24) is 9.78 Å². The summed E-state index contributed by atoms with van der Waals surface area (Å²) in [6.45, 7) is 2.40. The fourth-order valence-corrected chi connectivity index (χ4v) is 1.93. The first-order chi connectivity index (χ1) is 10.1. The monoisotopic (exact) mass is 285 g/mol. The van der Waals surface area contributed by atoms with Crippen LogP contribution in [0.1, 0.15) is 23.0 Å². The number of benzene rings is 1. The van der Waals surface area contributed by atoms with Gasteiger partial charge in [0.1, 0.15) is 11.4 Å². The van der Waals surface area contributed by atoms with E-state index in [2.05, 4.69) is 10.4 Å². The highest BCUT2D eigenvalue weighted by Crippen LogP contribution is 2.26. The van der Waals surface area contributed by atoms with E-state index in [0.29, 0.717) is 34.9 Å². The molecule has 0 spiro atoms. The summed E-state index contributed by atoms with van der Waals surface area (Å²) in [6, 6.07) is 6.77. The van der Waals surface area contributed by atoms with Gasteiger partial charge < -0.3 is 15.8 Å². The first-order valence-corrected chi connectivity index (χ1v) is 6.31. The summed E-state index contributed by atoms with van der Waals surface area (Å²) in [7, 11) is 1.47. The lowest BCUT2D eigenvalue weighted by atomic mass is 10.2. The number of carbonyl (C=O) groups is 1. The van der Waals surface area contributed by atoms with Gasteiger partial charge in [-0.25, -0.2) is 0 Å². The number of hydrogen-bond donors (Lipinski definition) is 2. The molecule has 7 heteroatoms. The van der Waals surface area contributed by atoms with Crippen LogP contribution in [0.25, 0.3) is 0 Å². The summed E-state index contributed by atoms with van der Waals surface area (Å²) >= 11 is 0. The predicted octanol–water partition coefficient (Wildman–Crippen LogP) is 1.62. The second kappa shape index (κ2) is 5.96. The molecule has 0 saturated heterocycles. The molecule has 2 rings (SSSR count). The third kappa shape index (κ3) is 2.79. The maximum Gasteiger partial charge on any atom is 0.276 e. The molecule has 1 aromatic heterocycles. The van der Waals surface area contributed by atoms with Gasteiger partial charge in [-0.15, -0.1) is 0 Å². The molecule has 0 aliphatic rings. The number of ether oxygens (including phenoxy) is 1. The number of nitriles is 1. The van der Waals surface area contributed by atoms with E-state index in [4.69, 9.17) is 15.7 Å². The van der Waals surface area contributed by atoms with Crippen LogP contribution in [-0.4, -0.2) is 22.8 Å². The Balaban J connectivity index is 2.32. The van der Waals surface area contributed by atoms with Gasteiger partial charge in [0, 0.05) is 12.6 Å². The van der Waals surface area contributed by atoms with Gasteiger partial charge in [-0.1, -0.05) is 0 Å². The molecule has 0 bridgehead atoms. The first kappa shape index (κ1) is 14.4. The molecule has 7 nitrogen and oxygen atoms in total. The van der Waals surface area contributed by atoms with Crippen LogP contribution in [0.3, 0.4) is 0 Å². The zero-order valence-corrected chi connectivity index (χ0v) is 11.8. The summed E-state index contributed by atoms with van der Waals surface area (Å²) < 4.78 is 6.69. The Hall–Kier alpha value is -3.01. The minimum absolute atomic E-state index is 0.295. The molecule has 21 heavy (non-hydrogen) atoms. The number of nitrogen functional groups attached to an aromatic ring is 1. The molecule has 0 saturated carbocycles. The van der Waals surface area contributed by atoms with E-state index in [0.717, 1.165) is 0 Å². The highest BCUT2D eigenvalue weighted by molar-refractivity contribution is 6.07. The number of aromatic nitrogens is 2. The summed E-state index contributed by atoms with van der Waals surface area (Å²) in [5, 5.41) is 15.6. The Morgan fingerprint density at radius 3 is 2.95 bits per heavy atom. The van der Waals surface area contributed by atoms with Crippen LogP contribution in [-0.2, 0) is 6.54 Å². The van der Waals surface area contributed by atoms with E-state index in [-0.39, 0.29) is 5.91 Å². The minimum atomic E-state index is -0.380. The molecule has 0 fully saturated rings. The van der Waals surface area contributed by atoms with E-state index in [9.17, 15) is 4.79 Å². The number of nitrogens with zero attached hydrogens (tertiary/aromatic N) is 3. The number of anilines is 2. The average Bonchev–Trinajstić information content (AvgIpc) is 2.88. The fraction of sp³-hybridized carbons (Fsp3) is 0.214. The number of nitrogens with one attached hydrogen (secondary N) is 1. The van der Waals surface area contributed by atoms with Gasteiger partial charge >= 0.3 is 0 Å². The van der Waals surface area contributed by atoms with Crippen molar-refractivity contribution >= 4 is 17.3 Å². The lowest BCUT2D eigenvalue weighted by molar-refractivity contribution is 0.101. The Bertz CT molecular complexity index is 715. The molecule has 108 valence electrons. The minimum Gasteiger partial charge on any atom is -0.495 e. The molecular formula is C14H15N5O2. The van der Waals surface area contributed by atoms with E-state index in [1.54, 1.807) is 18.2 Å². The van der Waals surface area contributed by atoms with E-state index in [1.165, 1.54) is 18.0 Å². The van der Waals surface area contributed by atoms with Crippen LogP contribution in [0.15, 0.2) is 24.4 Å². The SMILES string of the molecule is CCn1ncc(N)c1C(=O)Nc1ccc(C#N)cc1OC. The zero-order valence-electron chi connectivity index (χ0n) is 11.8. The van der Waals surface area contributed by atoms with Gasteiger partial charge in [-0.05, 0) is 19.1 Å². The first-order valence-electron chi connectivity index (χ1n) is 6.31. The normalized spacial score (nSPS) is 9.95. The Kier molecular flexibility index (Phi) is 4.09. The summed E-state index contributed by atoms with van der Waals surface area (Å²) in [5.41, 5.74) is 7.28. The van der Waals surface area contributed by atoms with Crippen molar-refractivity contribution in [2.75, 3.05) is 18.2 Å². The zero-order chi connectivity index (χ0) is 15.4. The molecule has 0 unspecified atom stereocenters. The van der Waals surface area contributed by atoms with Crippen LogP contribution in [0.4, 0.5) is 11.4 Å². The quantitative estimate of drug-likeness (QED) is 0.887. The Morgan fingerprint density at radius 1 is 1.57 bits per heavy atom. The smallest absolute Gasteiger partial charge is 0.276 e. The lowest BCUT2D eigenvalue weighted by Gasteiger charge is -2.11. The third-order valence-electron chi connectivity index (χ3n) is 2.96. The highest BCUT2D eigenvalue weighted by atomic mass is 16.5. The van der Waals surface area contributed by atoms with Crippen molar-refractivity contribution in [3.63, 3.8) is 0 Å². The fourth-order valence-electron chi connectivity index (χ4n) is 1.93. The van der Waals surface area contributed by atoms with Gasteiger partial charge in [0.05, 0.1) is 36.3 Å². The van der Waals surface area contributed by atoms with Crippen molar-refractivity contribution in [1.29, 1.82) is 5.26 Å². The van der Waals surface area contributed by atoms with E-state index < -0.39 is 0 Å². The van der Waals surface area contributed by atoms with Crippen LogP contribution in [0.5, 0.6) is 5.75 Å². The number of carbonyl (C=O) groups excluding carboxylic acids is 1. The van der Waals surface area contributed by atoms with Gasteiger partial charge in [-0.3, -0.25) is 9.48 Å². The number of aryl methyl sites for hydroxylation is 1. The van der Waals surface area contributed by atoms with Crippen molar-refractivity contribution < 1.29 is 9.53 Å². The lowest BCUT2D eigenvalue weighted by Crippen LogP contribution is -2.19. The standard InChI is InChI=1S/C14H15N5O2/c1-3-19-13(10(16)8-17-19)14(20)18-11-5-4-9(7-15)6-12(11)21-2/h4-6,8H,3,16H2,1-2H3,(H,18,20). The van der Waals surface area contributed by atoms with Crippen molar-refractivity contribution in [3.05, 3.63) is 35.7 Å². The van der Waals surface area contributed by atoms with Gasteiger partial charge in [0.15, 0.2) is 0 Å². The van der Waals surface area contributed by atoms with Crippen LogP contribution < -0.4 is 15.8 Å². The molecule has 0 aliphatic carbocycles. The molecular weight excluding hydrogens is 270 g/mol. The van der Waals surface area contributed by atoms with Crippen molar-refractivity contribution in [2.45, 2.75) is 13.5 Å². The van der Waals surface area contributed by atoms with Gasteiger partial charge in [0.25, 0.3) is 5.91 Å². The van der Waals surface area contributed by atoms with Crippen LogP contribution in [0.2, 0.25) is 0 Å². The second-order valence-corrected chi connectivity index (χ2v) is 4.25. The molecule has 0 aliphatic heterocycles. The molecule has 0 atom stereocenters. The molecule has 1 heterocycles. The maximum absolute atomic E-state index is 12.3. The largest absolute Gasteiger partial charge is 0.495 e. The predicted molar refractivity (Wildman–Crippen MR) is 78.0 cm³/mol. The number of rotatable bonds is 4. The third-order valence-corrected chi connectivity index (χ3v) is 2.96. The van der Waals surface area contributed by atoms with E-state index in [1.807, 2.05) is 13.0 Å². The maximum atomic E-state index is 12.3. The number of methoxy groups -OCH3 is 1. The highest BCUT2D eigenvalue weighted by Gasteiger charge is 2.17. The number of nitrogens with two attached hydrogens (primary N) is 1. The molecule has 1 amide bonds. The number of amides is 1. The molecule has 1 aromatic carbocycles. The van der Waals surface area contributed by atoms with Crippen LogP contribution in [0, 0.1) is 11.3 Å². The molecule has 3 N–H and O–H groups in total.